The second kappa shape index (κ2) is 9.47. The molecular formula is C13H16BrN2O4P. The normalized spacial score (nSPS) is 10.4. The van der Waals surface area contributed by atoms with Crippen molar-refractivity contribution < 1.29 is 19.1 Å². The molecular weight excluding hydrogens is 359 g/mol. The molecule has 1 aromatic rings. The van der Waals surface area contributed by atoms with Crippen LogP contribution in [0.25, 0.3) is 0 Å². The van der Waals surface area contributed by atoms with Gasteiger partial charge in [0.05, 0.1) is 31.3 Å². The number of amides is 2. The monoisotopic (exact) mass is 374 g/mol. The molecule has 0 radical (unpaired) electrons. The van der Waals surface area contributed by atoms with Gasteiger partial charge in [-0.1, -0.05) is 30.3 Å². The molecule has 0 spiro atoms. The highest BCUT2D eigenvalue weighted by Crippen LogP contribution is 2.16. The summed E-state index contributed by atoms with van der Waals surface area (Å²) in [4.78, 5) is 34.4. The Morgan fingerprint density at radius 2 is 1.95 bits per heavy atom. The van der Waals surface area contributed by atoms with Gasteiger partial charge < -0.3 is 10.1 Å². The van der Waals surface area contributed by atoms with Gasteiger partial charge in [0.1, 0.15) is 6.61 Å². The Morgan fingerprint density at radius 1 is 1.29 bits per heavy atom. The minimum Gasteiger partial charge on any atom is -0.458 e. The van der Waals surface area contributed by atoms with Gasteiger partial charge in [-0.3, -0.25) is 13.5 Å². The van der Waals surface area contributed by atoms with Gasteiger partial charge in [-0.2, -0.15) is 0 Å². The topological polar surface area (TPSA) is 75.7 Å². The quantitative estimate of drug-likeness (QED) is 0.588. The number of benzene rings is 1. The van der Waals surface area contributed by atoms with Crippen molar-refractivity contribution in [2.75, 3.05) is 13.1 Å². The van der Waals surface area contributed by atoms with Crippen LogP contribution in [0.15, 0.2) is 30.3 Å². The molecule has 114 valence electrons. The summed E-state index contributed by atoms with van der Waals surface area (Å²) >= 11 is 3.04. The lowest BCUT2D eigenvalue weighted by Gasteiger charge is -2.11. The van der Waals surface area contributed by atoms with Crippen LogP contribution in [0.5, 0.6) is 0 Å². The molecule has 8 heteroatoms. The van der Waals surface area contributed by atoms with Gasteiger partial charge in [0.2, 0.25) is 5.65 Å². The summed E-state index contributed by atoms with van der Waals surface area (Å²) in [5, 5.41) is 2.38. The van der Waals surface area contributed by atoms with Crippen LogP contribution < -0.4 is 5.32 Å². The number of carbonyl (C=O) groups excluding carboxylic acids is 3. The molecule has 0 bridgehead atoms. The largest absolute Gasteiger partial charge is 0.458 e. The molecule has 0 aliphatic rings. The average Bonchev–Trinajstić information content (AvgIpc) is 2.50. The van der Waals surface area contributed by atoms with Crippen LogP contribution in [-0.4, -0.2) is 34.3 Å². The Morgan fingerprint density at radius 3 is 2.57 bits per heavy atom. The third-order valence-corrected chi connectivity index (χ3v) is 4.03. The number of hydrogen-bond acceptors (Lipinski definition) is 4. The molecule has 0 aromatic heterocycles. The van der Waals surface area contributed by atoms with Crippen molar-refractivity contribution in [3.8, 4) is 0 Å². The number of hydrogen-bond donors (Lipinski definition) is 1. The zero-order valence-electron chi connectivity index (χ0n) is 11.5. The van der Waals surface area contributed by atoms with Gasteiger partial charge >= 0.3 is 5.71 Å². The first-order chi connectivity index (χ1) is 10.0. The summed E-state index contributed by atoms with van der Waals surface area (Å²) in [5.74, 6) is -0.284. The van der Waals surface area contributed by atoms with Gasteiger partial charge in [-0.05, 0) is 12.5 Å². The van der Waals surface area contributed by atoms with Crippen molar-refractivity contribution in [3.05, 3.63) is 35.9 Å². The van der Waals surface area contributed by atoms with E-state index in [0.29, 0.717) is 6.54 Å². The van der Waals surface area contributed by atoms with E-state index in [4.69, 9.17) is 4.74 Å². The van der Waals surface area contributed by atoms with E-state index < -0.39 is 19.9 Å². The molecule has 1 atom stereocenters. The number of nitrogens with one attached hydrogen (secondary N) is 1. The fourth-order valence-electron chi connectivity index (χ4n) is 1.31. The van der Waals surface area contributed by atoms with E-state index in [0.717, 1.165) is 5.56 Å². The fraction of sp³-hybridized carbons (Fsp3) is 0.308. The molecule has 0 fully saturated rings. The van der Waals surface area contributed by atoms with Crippen molar-refractivity contribution in [2.24, 2.45) is 0 Å². The third kappa shape index (κ3) is 7.20. The molecule has 0 saturated carbocycles. The standard InChI is InChI=1S/C13H16BrN2O4P/c1-2-16(14)11(17)8-15-12(18)21-13(19)20-9-10-6-4-3-5-7-10/h3-7,21H,2,8-9H2,1H3,(H,15,18). The summed E-state index contributed by atoms with van der Waals surface area (Å²) in [6.45, 7) is 2.24. The van der Waals surface area contributed by atoms with Crippen LogP contribution >= 0.6 is 24.7 Å². The van der Waals surface area contributed by atoms with Crippen LogP contribution in [0.2, 0.25) is 0 Å². The highest BCUT2D eigenvalue weighted by atomic mass is 79.9. The maximum atomic E-state index is 11.5. The Balaban J connectivity index is 2.25. The van der Waals surface area contributed by atoms with Crippen LogP contribution in [0.3, 0.4) is 0 Å². The van der Waals surface area contributed by atoms with Crippen molar-refractivity contribution >= 4 is 42.0 Å². The van der Waals surface area contributed by atoms with Gasteiger partial charge in [0.15, 0.2) is 0 Å². The Hall–Kier alpha value is -1.46. The first-order valence-electron chi connectivity index (χ1n) is 6.24. The van der Waals surface area contributed by atoms with E-state index in [1.165, 1.54) is 3.93 Å². The van der Waals surface area contributed by atoms with Crippen LogP contribution in [0, 0.1) is 0 Å². The maximum absolute atomic E-state index is 11.5. The van der Waals surface area contributed by atoms with Gasteiger partial charge in [0, 0.05) is 6.54 Å². The van der Waals surface area contributed by atoms with E-state index in [1.807, 2.05) is 30.3 Å². The number of ether oxygens (including phenoxy) is 1. The number of carbonyl (C=O) groups is 3. The summed E-state index contributed by atoms with van der Waals surface area (Å²) in [7, 11) is -0.672. The molecule has 1 unspecified atom stereocenters. The van der Waals surface area contributed by atoms with Crippen LogP contribution in [0.1, 0.15) is 12.5 Å². The van der Waals surface area contributed by atoms with E-state index in [-0.39, 0.29) is 19.1 Å². The zero-order valence-corrected chi connectivity index (χ0v) is 14.1. The zero-order chi connectivity index (χ0) is 15.7. The first kappa shape index (κ1) is 17.6. The summed E-state index contributed by atoms with van der Waals surface area (Å²) in [6, 6.07) is 9.18. The van der Waals surface area contributed by atoms with Crippen LogP contribution in [-0.2, 0) is 16.1 Å². The molecule has 1 rings (SSSR count). The highest BCUT2D eigenvalue weighted by Gasteiger charge is 2.14. The molecule has 0 saturated heterocycles. The molecule has 0 heterocycles. The second-order valence-electron chi connectivity index (χ2n) is 3.94. The minimum atomic E-state index is -0.672. The van der Waals surface area contributed by atoms with Crippen molar-refractivity contribution in [3.63, 3.8) is 0 Å². The molecule has 0 aliphatic heterocycles. The highest BCUT2D eigenvalue weighted by molar-refractivity contribution is 9.07. The number of likely N-dealkylation sites (N-methyl/N-ethyl adjacent to an activating group) is 1. The summed E-state index contributed by atoms with van der Waals surface area (Å²) in [6.07, 6.45) is 0. The predicted molar refractivity (Wildman–Crippen MR) is 84.7 cm³/mol. The van der Waals surface area contributed by atoms with E-state index in [2.05, 4.69) is 21.5 Å². The smallest absolute Gasteiger partial charge is 0.333 e. The molecule has 6 nitrogen and oxygen atoms in total. The SMILES string of the molecule is CCN(Br)C(=O)CNC(=O)PC(=O)OCc1ccccc1. The fourth-order valence-corrected chi connectivity index (χ4v) is 1.95. The van der Waals surface area contributed by atoms with Crippen molar-refractivity contribution in [1.82, 2.24) is 9.24 Å². The minimum absolute atomic E-state index is 0.129. The van der Waals surface area contributed by atoms with Crippen molar-refractivity contribution in [2.45, 2.75) is 13.5 Å². The number of nitrogens with zero attached hydrogens (tertiary/aromatic N) is 1. The van der Waals surface area contributed by atoms with E-state index >= 15 is 0 Å². The first-order valence-corrected chi connectivity index (χ1v) is 7.95. The molecule has 1 aromatic carbocycles. The lowest BCUT2D eigenvalue weighted by molar-refractivity contribution is -0.124. The second-order valence-corrected chi connectivity index (χ2v) is 5.91. The average molecular weight is 375 g/mol. The molecule has 0 aliphatic carbocycles. The summed E-state index contributed by atoms with van der Waals surface area (Å²) in [5.41, 5.74) is -0.266. The number of halogens is 1. The van der Waals surface area contributed by atoms with Crippen molar-refractivity contribution in [1.29, 1.82) is 0 Å². The molecule has 1 N–H and O–H groups in total. The Kier molecular flexibility index (Phi) is 7.93. The van der Waals surface area contributed by atoms with Gasteiger partial charge in [-0.25, -0.2) is 4.79 Å². The van der Waals surface area contributed by atoms with E-state index in [9.17, 15) is 14.4 Å². The number of rotatable bonds is 7. The molecule has 21 heavy (non-hydrogen) atoms. The lowest BCUT2D eigenvalue weighted by Crippen LogP contribution is -2.33. The lowest BCUT2D eigenvalue weighted by atomic mass is 10.2. The molecule has 2 amide bonds. The van der Waals surface area contributed by atoms with E-state index in [1.54, 1.807) is 6.92 Å². The predicted octanol–water partition coefficient (Wildman–Crippen LogP) is 2.87. The van der Waals surface area contributed by atoms with Gasteiger partial charge in [0.25, 0.3) is 5.91 Å². The Labute approximate surface area is 133 Å². The van der Waals surface area contributed by atoms with Crippen LogP contribution in [0.4, 0.5) is 9.59 Å². The maximum Gasteiger partial charge on any atom is 0.333 e. The summed E-state index contributed by atoms with van der Waals surface area (Å²) < 4.78 is 6.28. The van der Waals surface area contributed by atoms with Gasteiger partial charge in [-0.15, -0.1) is 0 Å². The Bertz CT molecular complexity index is 498. The third-order valence-electron chi connectivity index (χ3n) is 2.38.